The van der Waals surface area contributed by atoms with Gasteiger partial charge in [-0.25, -0.2) is 0 Å². The molecule has 0 aromatic heterocycles. The van der Waals surface area contributed by atoms with Crippen molar-refractivity contribution in [1.82, 2.24) is 0 Å². The molecule has 6 heteroatoms. The highest BCUT2D eigenvalue weighted by molar-refractivity contribution is 5.72. The summed E-state index contributed by atoms with van der Waals surface area (Å²) < 4.78 is 12.1. The molecule has 0 aliphatic carbocycles. The van der Waals surface area contributed by atoms with E-state index in [9.17, 15) is 9.90 Å². The van der Waals surface area contributed by atoms with Crippen LogP contribution in [0.2, 0.25) is 0 Å². The summed E-state index contributed by atoms with van der Waals surface area (Å²) in [6.07, 6.45) is 3.19. The minimum absolute atomic E-state index is 0.0394. The molecule has 3 aromatic carbocycles. The maximum absolute atomic E-state index is 11.3. The fraction of sp³-hybridized carbons (Fsp3) is 0.367. The Balaban J connectivity index is 1.43. The van der Waals surface area contributed by atoms with Crippen LogP contribution in [0.25, 0.3) is 11.1 Å². The monoisotopic (exact) mass is 486 g/mol. The Hall–Kier alpha value is -3.35. The summed E-state index contributed by atoms with van der Waals surface area (Å²) in [7, 11) is 0. The van der Waals surface area contributed by atoms with Crippen molar-refractivity contribution in [3.8, 4) is 16.9 Å². The van der Waals surface area contributed by atoms with E-state index < -0.39 is 5.97 Å². The first-order valence-electron chi connectivity index (χ1n) is 12.7. The largest absolute Gasteiger partial charge is 0.489 e. The number of aliphatic carboxylic acids is 1. The van der Waals surface area contributed by atoms with Crippen molar-refractivity contribution in [1.29, 1.82) is 0 Å². The van der Waals surface area contributed by atoms with E-state index in [0.717, 1.165) is 54.8 Å². The lowest BCUT2D eigenvalue weighted by molar-refractivity contribution is -0.158. The third-order valence-electron chi connectivity index (χ3n) is 7.44. The van der Waals surface area contributed by atoms with Gasteiger partial charge in [0.05, 0.1) is 18.6 Å². The van der Waals surface area contributed by atoms with E-state index in [1.807, 2.05) is 25.1 Å². The average Bonchev–Trinajstić information content (AvgIpc) is 2.87. The second-order valence-electron chi connectivity index (χ2n) is 10.0. The number of benzene rings is 3. The number of carboxylic acids is 1. The van der Waals surface area contributed by atoms with Crippen molar-refractivity contribution < 1.29 is 19.4 Å². The molecule has 6 nitrogen and oxygen atoms in total. The Labute approximate surface area is 212 Å². The van der Waals surface area contributed by atoms with Gasteiger partial charge in [0.25, 0.3) is 0 Å². The van der Waals surface area contributed by atoms with E-state index in [4.69, 9.17) is 15.2 Å². The molecule has 5 rings (SSSR count). The highest BCUT2D eigenvalue weighted by Gasteiger charge is 2.41. The topological polar surface area (TPSA) is 85.0 Å². The average molecular weight is 487 g/mol. The van der Waals surface area contributed by atoms with E-state index in [-0.39, 0.29) is 18.1 Å². The Bertz CT molecular complexity index is 1230. The van der Waals surface area contributed by atoms with Gasteiger partial charge in [-0.3, -0.25) is 4.79 Å². The molecule has 0 saturated carbocycles. The number of nitrogens with two attached hydrogens (primary N) is 1. The normalized spacial score (nSPS) is 17.4. The van der Waals surface area contributed by atoms with E-state index >= 15 is 0 Å². The summed E-state index contributed by atoms with van der Waals surface area (Å²) in [5.74, 6) is -0.268. The number of para-hydroxylation sites is 1. The summed E-state index contributed by atoms with van der Waals surface area (Å²) in [6, 6.07) is 22.3. The molecule has 0 amide bonds. The molecule has 3 aromatic rings. The number of anilines is 1. The molecule has 36 heavy (non-hydrogen) atoms. The SMILES string of the molecule is C[C@@H](N)c1cccc(-c2cc(COc3ccccc3CC(=O)O)cc(N3CCC4(CCO4)CC3)c2)c1. The summed E-state index contributed by atoms with van der Waals surface area (Å²) in [6.45, 7) is 5.16. The lowest BCUT2D eigenvalue weighted by Crippen LogP contribution is -2.52. The summed E-state index contributed by atoms with van der Waals surface area (Å²) >= 11 is 0. The van der Waals surface area contributed by atoms with Crippen LogP contribution in [-0.4, -0.2) is 36.4 Å². The van der Waals surface area contributed by atoms with Crippen molar-refractivity contribution in [2.24, 2.45) is 5.73 Å². The Morgan fingerprint density at radius 2 is 1.83 bits per heavy atom. The minimum Gasteiger partial charge on any atom is -0.489 e. The lowest BCUT2D eigenvalue weighted by atomic mass is 9.84. The minimum atomic E-state index is -0.873. The second-order valence-corrected chi connectivity index (χ2v) is 10.0. The van der Waals surface area contributed by atoms with E-state index in [2.05, 4.69) is 47.4 Å². The Morgan fingerprint density at radius 1 is 1.06 bits per heavy atom. The number of carboxylic acid groups (broad SMARTS) is 1. The zero-order valence-electron chi connectivity index (χ0n) is 20.8. The van der Waals surface area contributed by atoms with Crippen LogP contribution in [0.15, 0.2) is 66.7 Å². The Kier molecular flexibility index (Phi) is 6.99. The molecule has 1 spiro atoms. The number of piperidine rings is 1. The van der Waals surface area contributed by atoms with Crippen LogP contribution < -0.4 is 15.4 Å². The third kappa shape index (κ3) is 5.40. The Morgan fingerprint density at radius 3 is 2.53 bits per heavy atom. The number of hydrogen-bond acceptors (Lipinski definition) is 5. The highest BCUT2D eigenvalue weighted by Crippen LogP contribution is 2.39. The van der Waals surface area contributed by atoms with Gasteiger partial charge in [0, 0.05) is 30.4 Å². The molecule has 2 fully saturated rings. The van der Waals surface area contributed by atoms with Gasteiger partial charge in [0.2, 0.25) is 0 Å². The van der Waals surface area contributed by atoms with Gasteiger partial charge in [0.15, 0.2) is 0 Å². The fourth-order valence-corrected chi connectivity index (χ4v) is 5.18. The van der Waals surface area contributed by atoms with Gasteiger partial charge in [0.1, 0.15) is 12.4 Å². The van der Waals surface area contributed by atoms with Gasteiger partial charge in [-0.2, -0.15) is 0 Å². The number of ether oxygens (including phenoxy) is 2. The van der Waals surface area contributed by atoms with Crippen LogP contribution in [-0.2, 0) is 22.6 Å². The van der Waals surface area contributed by atoms with Gasteiger partial charge in [-0.1, -0.05) is 36.4 Å². The standard InChI is InChI=1S/C30H34N2O4/c1-21(31)23-6-4-7-24(17-23)26-15-22(20-35-28-8-3-2-5-25(28)19-29(33)34)16-27(18-26)32-12-9-30(10-13-32)11-14-36-30/h2-8,15-18,21H,9-14,19-20,31H2,1H3,(H,33,34)/t21-/m1/s1. The van der Waals surface area contributed by atoms with Crippen molar-refractivity contribution in [3.63, 3.8) is 0 Å². The van der Waals surface area contributed by atoms with Crippen LogP contribution >= 0.6 is 0 Å². The van der Waals surface area contributed by atoms with Gasteiger partial charge >= 0.3 is 5.97 Å². The molecular weight excluding hydrogens is 452 g/mol. The van der Waals surface area contributed by atoms with Crippen LogP contribution in [0, 0.1) is 0 Å². The quantitative estimate of drug-likeness (QED) is 0.447. The number of hydrogen-bond donors (Lipinski definition) is 2. The van der Waals surface area contributed by atoms with E-state index in [0.29, 0.717) is 17.9 Å². The van der Waals surface area contributed by atoms with Gasteiger partial charge in [-0.05, 0) is 78.8 Å². The zero-order chi connectivity index (χ0) is 25.1. The first-order valence-corrected chi connectivity index (χ1v) is 12.7. The van der Waals surface area contributed by atoms with Crippen LogP contribution in [0.3, 0.4) is 0 Å². The molecular formula is C30H34N2O4. The predicted molar refractivity (Wildman–Crippen MR) is 141 cm³/mol. The van der Waals surface area contributed by atoms with E-state index in [1.54, 1.807) is 6.07 Å². The second kappa shape index (κ2) is 10.3. The van der Waals surface area contributed by atoms with Gasteiger partial charge < -0.3 is 25.2 Å². The van der Waals surface area contributed by atoms with Crippen molar-refractivity contribution in [2.75, 3.05) is 24.6 Å². The predicted octanol–water partition coefficient (Wildman–Crippen LogP) is 5.34. The first kappa shape index (κ1) is 24.3. The molecule has 3 N–H and O–H groups in total. The molecule has 2 aliphatic rings. The maximum atomic E-state index is 11.3. The number of nitrogens with zero attached hydrogens (tertiary/aromatic N) is 1. The van der Waals surface area contributed by atoms with Crippen LogP contribution in [0.5, 0.6) is 5.75 Å². The van der Waals surface area contributed by atoms with Crippen LogP contribution in [0.4, 0.5) is 5.69 Å². The summed E-state index contributed by atoms with van der Waals surface area (Å²) in [5, 5.41) is 9.26. The molecule has 2 heterocycles. The smallest absolute Gasteiger partial charge is 0.307 e. The van der Waals surface area contributed by atoms with Crippen molar-refractivity contribution in [3.05, 3.63) is 83.4 Å². The number of rotatable bonds is 8. The zero-order valence-corrected chi connectivity index (χ0v) is 20.8. The molecule has 2 aliphatic heterocycles. The lowest BCUT2D eigenvalue weighted by Gasteiger charge is -2.48. The highest BCUT2D eigenvalue weighted by atomic mass is 16.5. The van der Waals surface area contributed by atoms with Gasteiger partial charge in [-0.15, -0.1) is 0 Å². The van der Waals surface area contributed by atoms with Crippen LogP contribution in [0.1, 0.15) is 48.9 Å². The van der Waals surface area contributed by atoms with E-state index in [1.165, 1.54) is 12.1 Å². The molecule has 0 bridgehead atoms. The fourth-order valence-electron chi connectivity index (χ4n) is 5.18. The summed E-state index contributed by atoms with van der Waals surface area (Å²) in [4.78, 5) is 13.7. The molecule has 0 unspecified atom stereocenters. The number of carbonyl (C=O) groups is 1. The molecule has 2 saturated heterocycles. The summed E-state index contributed by atoms with van der Waals surface area (Å²) in [5.41, 5.74) is 12.5. The van der Waals surface area contributed by atoms with Crippen molar-refractivity contribution in [2.45, 2.75) is 50.9 Å². The maximum Gasteiger partial charge on any atom is 0.307 e. The third-order valence-corrected chi connectivity index (χ3v) is 7.44. The molecule has 1 atom stereocenters. The first-order chi connectivity index (χ1) is 17.4. The van der Waals surface area contributed by atoms with Crippen molar-refractivity contribution >= 4 is 11.7 Å². The molecule has 188 valence electrons. The molecule has 0 radical (unpaired) electrons.